The molecule has 1 aliphatic rings. The lowest BCUT2D eigenvalue weighted by Gasteiger charge is -2.16. The summed E-state index contributed by atoms with van der Waals surface area (Å²) in [5.74, 6) is 0.691. The van der Waals surface area contributed by atoms with Crippen molar-refractivity contribution in [3.8, 4) is 11.8 Å². The predicted octanol–water partition coefficient (Wildman–Crippen LogP) is 4.35. The third-order valence-corrected chi connectivity index (χ3v) is 5.85. The second-order valence-electron chi connectivity index (χ2n) is 6.37. The zero-order chi connectivity index (χ0) is 19.2. The number of nitriles is 1. The Morgan fingerprint density at radius 1 is 1.33 bits per heavy atom. The summed E-state index contributed by atoms with van der Waals surface area (Å²) in [5.41, 5.74) is 3.53. The number of amides is 1. The molecule has 1 unspecified atom stereocenters. The monoisotopic (exact) mass is 381 g/mol. The number of hydrogen-bond acceptors (Lipinski definition) is 5. The van der Waals surface area contributed by atoms with E-state index >= 15 is 0 Å². The zero-order valence-electron chi connectivity index (χ0n) is 15.6. The van der Waals surface area contributed by atoms with Gasteiger partial charge in [-0.15, -0.1) is 0 Å². The molecule has 5 nitrogen and oxygen atoms in total. The van der Waals surface area contributed by atoms with Crippen LogP contribution in [0.2, 0.25) is 0 Å². The standard InChI is InChI=1S/C21H23N3O2S/c1-3-19(20(25)23-16-8-10-17(11-9-16)26-4-2)27-21-15(13-22)12-14-6-5-7-18(14)24-21/h8-12,19H,3-7H2,1-2H3,(H,23,25). The number of anilines is 1. The number of fused-ring (bicyclic) bond motifs is 1. The summed E-state index contributed by atoms with van der Waals surface area (Å²) in [6.07, 6.45) is 3.66. The number of nitrogens with one attached hydrogen (secondary N) is 1. The maximum atomic E-state index is 12.7. The van der Waals surface area contributed by atoms with Gasteiger partial charge in [0.05, 0.1) is 17.4 Å². The molecule has 0 spiro atoms. The van der Waals surface area contributed by atoms with Crippen molar-refractivity contribution in [1.82, 2.24) is 4.98 Å². The highest BCUT2D eigenvalue weighted by Crippen LogP contribution is 2.31. The largest absolute Gasteiger partial charge is 0.494 e. The molecule has 1 amide bonds. The number of nitrogens with zero attached hydrogens (tertiary/aromatic N) is 2. The number of carbonyl (C=O) groups is 1. The van der Waals surface area contributed by atoms with Crippen LogP contribution in [0.4, 0.5) is 5.69 Å². The Balaban J connectivity index is 1.71. The van der Waals surface area contributed by atoms with E-state index in [0.29, 0.717) is 23.6 Å². The fourth-order valence-electron chi connectivity index (χ4n) is 3.10. The normalized spacial score (nSPS) is 13.5. The summed E-state index contributed by atoms with van der Waals surface area (Å²) in [6.45, 7) is 4.51. The van der Waals surface area contributed by atoms with Gasteiger partial charge in [-0.05, 0) is 68.5 Å². The van der Waals surface area contributed by atoms with Gasteiger partial charge >= 0.3 is 0 Å². The Labute approximate surface area is 164 Å². The molecule has 0 saturated heterocycles. The molecule has 0 radical (unpaired) electrons. The van der Waals surface area contributed by atoms with Gasteiger partial charge < -0.3 is 10.1 Å². The van der Waals surface area contributed by atoms with Crippen LogP contribution in [0, 0.1) is 11.3 Å². The third-order valence-electron chi connectivity index (χ3n) is 4.49. The summed E-state index contributed by atoms with van der Waals surface area (Å²) in [4.78, 5) is 17.4. The lowest BCUT2D eigenvalue weighted by Crippen LogP contribution is -2.24. The summed E-state index contributed by atoms with van der Waals surface area (Å²) in [5, 5.41) is 12.8. The van der Waals surface area contributed by atoms with Crippen molar-refractivity contribution in [3.05, 3.63) is 47.2 Å². The van der Waals surface area contributed by atoms with Crippen molar-refractivity contribution in [2.75, 3.05) is 11.9 Å². The van der Waals surface area contributed by atoms with E-state index in [2.05, 4.69) is 16.4 Å². The van der Waals surface area contributed by atoms with E-state index in [9.17, 15) is 10.1 Å². The Kier molecular flexibility index (Phi) is 6.36. The molecular weight excluding hydrogens is 358 g/mol. The summed E-state index contributed by atoms with van der Waals surface area (Å²) in [6, 6.07) is 11.5. The first kappa shape index (κ1) is 19.2. The summed E-state index contributed by atoms with van der Waals surface area (Å²) >= 11 is 1.37. The molecule has 1 heterocycles. The van der Waals surface area contributed by atoms with Crippen LogP contribution in [0.1, 0.15) is 43.5 Å². The number of pyridine rings is 1. The highest BCUT2D eigenvalue weighted by atomic mass is 32.2. The van der Waals surface area contributed by atoms with E-state index in [1.807, 2.05) is 44.2 Å². The minimum atomic E-state index is -0.310. The highest BCUT2D eigenvalue weighted by Gasteiger charge is 2.23. The van der Waals surface area contributed by atoms with E-state index in [1.54, 1.807) is 0 Å². The number of ether oxygens (including phenoxy) is 1. The smallest absolute Gasteiger partial charge is 0.237 e. The Morgan fingerprint density at radius 3 is 2.78 bits per heavy atom. The molecule has 27 heavy (non-hydrogen) atoms. The first-order valence-electron chi connectivity index (χ1n) is 9.27. The van der Waals surface area contributed by atoms with E-state index < -0.39 is 0 Å². The molecule has 1 aromatic carbocycles. The van der Waals surface area contributed by atoms with Crippen LogP contribution in [0.3, 0.4) is 0 Å². The maximum absolute atomic E-state index is 12.7. The lowest BCUT2D eigenvalue weighted by atomic mass is 10.2. The van der Waals surface area contributed by atoms with Gasteiger partial charge in [-0.2, -0.15) is 5.26 Å². The molecule has 1 atom stereocenters. The predicted molar refractivity (Wildman–Crippen MR) is 107 cm³/mol. The van der Waals surface area contributed by atoms with Gasteiger partial charge in [0.2, 0.25) is 5.91 Å². The van der Waals surface area contributed by atoms with Crippen molar-refractivity contribution in [1.29, 1.82) is 5.26 Å². The molecule has 0 bridgehead atoms. The number of aryl methyl sites for hydroxylation is 2. The van der Waals surface area contributed by atoms with E-state index in [1.165, 1.54) is 17.3 Å². The van der Waals surface area contributed by atoms with Crippen LogP contribution in [-0.4, -0.2) is 22.7 Å². The fourth-order valence-corrected chi connectivity index (χ4v) is 4.10. The van der Waals surface area contributed by atoms with Crippen molar-refractivity contribution in [2.24, 2.45) is 0 Å². The summed E-state index contributed by atoms with van der Waals surface area (Å²) < 4.78 is 5.42. The number of hydrogen-bond donors (Lipinski definition) is 1. The number of benzene rings is 1. The second-order valence-corrected chi connectivity index (χ2v) is 7.57. The van der Waals surface area contributed by atoms with E-state index in [0.717, 1.165) is 36.4 Å². The average molecular weight is 382 g/mol. The van der Waals surface area contributed by atoms with E-state index in [-0.39, 0.29) is 11.2 Å². The van der Waals surface area contributed by atoms with Crippen molar-refractivity contribution in [3.63, 3.8) is 0 Å². The lowest BCUT2D eigenvalue weighted by molar-refractivity contribution is -0.115. The van der Waals surface area contributed by atoms with Crippen molar-refractivity contribution >= 4 is 23.4 Å². The Bertz CT molecular complexity index is 859. The number of thioether (sulfide) groups is 1. The van der Waals surface area contributed by atoms with Gasteiger partial charge in [-0.25, -0.2) is 4.98 Å². The quantitative estimate of drug-likeness (QED) is 0.722. The molecule has 0 fully saturated rings. The SMILES string of the molecule is CCOc1ccc(NC(=O)C(CC)Sc2nc3c(cc2C#N)CCC3)cc1. The van der Waals surface area contributed by atoms with Crippen molar-refractivity contribution in [2.45, 2.75) is 49.8 Å². The molecule has 6 heteroatoms. The fraction of sp³-hybridized carbons (Fsp3) is 0.381. The van der Waals surface area contributed by atoms with Gasteiger partial charge in [-0.1, -0.05) is 18.7 Å². The van der Waals surface area contributed by atoms with Gasteiger partial charge in [0.15, 0.2) is 0 Å². The number of aromatic nitrogens is 1. The Hall–Kier alpha value is -2.52. The molecule has 0 saturated carbocycles. The Morgan fingerprint density at radius 2 is 2.11 bits per heavy atom. The van der Waals surface area contributed by atoms with Crippen LogP contribution in [0.5, 0.6) is 5.75 Å². The molecule has 1 N–H and O–H groups in total. The van der Waals surface area contributed by atoms with Gasteiger partial charge in [0.25, 0.3) is 0 Å². The zero-order valence-corrected chi connectivity index (χ0v) is 16.4. The number of carbonyl (C=O) groups excluding carboxylic acids is 1. The first-order valence-corrected chi connectivity index (χ1v) is 10.2. The first-order chi connectivity index (χ1) is 13.1. The minimum Gasteiger partial charge on any atom is -0.494 e. The molecule has 1 aromatic heterocycles. The van der Waals surface area contributed by atoms with E-state index in [4.69, 9.17) is 4.74 Å². The van der Waals surface area contributed by atoms with Crippen molar-refractivity contribution < 1.29 is 9.53 Å². The van der Waals surface area contributed by atoms with Gasteiger partial charge in [0, 0.05) is 11.4 Å². The minimum absolute atomic E-state index is 0.0853. The summed E-state index contributed by atoms with van der Waals surface area (Å²) in [7, 11) is 0. The average Bonchev–Trinajstić information content (AvgIpc) is 3.14. The molecule has 1 aliphatic carbocycles. The van der Waals surface area contributed by atoms with Crippen LogP contribution in [0.15, 0.2) is 35.4 Å². The molecule has 140 valence electrons. The molecular formula is C21H23N3O2S. The second kappa shape index (κ2) is 8.92. The topological polar surface area (TPSA) is 75.0 Å². The van der Waals surface area contributed by atoms with Gasteiger partial charge in [-0.3, -0.25) is 4.79 Å². The van der Waals surface area contributed by atoms with Crippen LogP contribution < -0.4 is 10.1 Å². The molecule has 2 aromatic rings. The third kappa shape index (κ3) is 4.61. The molecule has 0 aliphatic heterocycles. The van der Waals surface area contributed by atoms with Crippen LogP contribution in [0.25, 0.3) is 0 Å². The highest BCUT2D eigenvalue weighted by molar-refractivity contribution is 8.00. The maximum Gasteiger partial charge on any atom is 0.237 e. The van der Waals surface area contributed by atoms with Crippen LogP contribution >= 0.6 is 11.8 Å². The molecule has 3 rings (SSSR count). The van der Waals surface area contributed by atoms with Crippen LogP contribution in [-0.2, 0) is 17.6 Å². The number of rotatable bonds is 7. The van der Waals surface area contributed by atoms with Gasteiger partial charge in [0.1, 0.15) is 16.8 Å².